The van der Waals surface area contributed by atoms with E-state index in [2.05, 4.69) is 25.9 Å². The Kier molecular flexibility index (Phi) is 4.57. The number of nitrogens with zero attached hydrogens (tertiary/aromatic N) is 2. The fraction of sp³-hybridized carbons (Fsp3) is 0.500. The van der Waals surface area contributed by atoms with E-state index in [0.29, 0.717) is 22.1 Å². The maximum absolute atomic E-state index is 5.77. The molecule has 1 heterocycles. The van der Waals surface area contributed by atoms with Gasteiger partial charge in [0.25, 0.3) is 0 Å². The van der Waals surface area contributed by atoms with Crippen molar-refractivity contribution in [3.63, 3.8) is 0 Å². The van der Waals surface area contributed by atoms with E-state index < -0.39 is 0 Å². The highest BCUT2D eigenvalue weighted by Crippen LogP contribution is 2.28. The largest absolute Gasteiger partial charge is 0.471 e. The Hall–Kier alpha value is -0.390. The molecule has 1 rings (SSSR count). The summed E-state index contributed by atoms with van der Waals surface area (Å²) in [5, 5.41) is 0.333. The SMILES string of the molecule is COCC(C)Oc1ncnc(Cl)c1Br. The molecule has 0 aliphatic rings. The van der Waals surface area contributed by atoms with Gasteiger partial charge in [-0.25, -0.2) is 9.97 Å². The van der Waals surface area contributed by atoms with Gasteiger partial charge in [0.15, 0.2) is 5.15 Å². The summed E-state index contributed by atoms with van der Waals surface area (Å²) in [6.45, 7) is 2.38. The van der Waals surface area contributed by atoms with Gasteiger partial charge in [0.2, 0.25) is 5.88 Å². The number of aromatic nitrogens is 2. The van der Waals surface area contributed by atoms with Crippen LogP contribution in [-0.2, 0) is 4.74 Å². The van der Waals surface area contributed by atoms with Crippen LogP contribution in [0.15, 0.2) is 10.8 Å². The molecule has 0 bridgehead atoms. The molecule has 1 aromatic heterocycles. The lowest BCUT2D eigenvalue weighted by Gasteiger charge is -2.13. The highest BCUT2D eigenvalue weighted by molar-refractivity contribution is 9.10. The van der Waals surface area contributed by atoms with E-state index in [-0.39, 0.29) is 6.10 Å². The van der Waals surface area contributed by atoms with E-state index in [9.17, 15) is 0 Å². The standard InChI is InChI=1S/C8H10BrClN2O2/c1-5(3-13-2)14-8-6(9)7(10)11-4-12-8/h4-5H,3H2,1-2H3. The van der Waals surface area contributed by atoms with Gasteiger partial charge < -0.3 is 9.47 Å². The van der Waals surface area contributed by atoms with E-state index in [1.54, 1.807) is 7.11 Å². The van der Waals surface area contributed by atoms with Crippen molar-refractivity contribution in [3.8, 4) is 5.88 Å². The molecule has 1 atom stereocenters. The third kappa shape index (κ3) is 3.08. The molecular formula is C8H10BrClN2O2. The van der Waals surface area contributed by atoms with Crippen LogP contribution in [0.3, 0.4) is 0 Å². The highest BCUT2D eigenvalue weighted by atomic mass is 79.9. The molecule has 4 nitrogen and oxygen atoms in total. The maximum atomic E-state index is 5.77. The normalized spacial score (nSPS) is 12.6. The molecule has 1 unspecified atom stereocenters. The monoisotopic (exact) mass is 280 g/mol. The van der Waals surface area contributed by atoms with Gasteiger partial charge in [0.1, 0.15) is 16.9 Å². The molecule has 1 aromatic rings. The summed E-state index contributed by atoms with van der Waals surface area (Å²) in [5.41, 5.74) is 0. The van der Waals surface area contributed by atoms with Crippen molar-refractivity contribution in [1.29, 1.82) is 0 Å². The van der Waals surface area contributed by atoms with Gasteiger partial charge in [-0.15, -0.1) is 0 Å². The van der Waals surface area contributed by atoms with Crippen LogP contribution < -0.4 is 4.74 Å². The second kappa shape index (κ2) is 5.48. The van der Waals surface area contributed by atoms with Crippen LogP contribution >= 0.6 is 27.5 Å². The molecule has 0 spiro atoms. The third-order valence-electron chi connectivity index (χ3n) is 1.43. The molecule has 0 amide bonds. The summed E-state index contributed by atoms with van der Waals surface area (Å²) < 4.78 is 10.9. The number of ether oxygens (including phenoxy) is 2. The first kappa shape index (κ1) is 11.7. The van der Waals surface area contributed by atoms with Crippen LogP contribution in [0.2, 0.25) is 5.15 Å². The van der Waals surface area contributed by atoms with Crippen molar-refractivity contribution < 1.29 is 9.47 Å². The smallest absolute Gasteiger partial charge is 0.233 e. The Balaban J connectivity index is 2.71. The number of hydrogen-bond donors (Lipinski definition) is 0. The van der Waals surface area contributed by atoms with E-state index in [0.717, 1.165) is 0 Å². The van der Waals surface area contributed by atoms with Gasteiger partial charge in [-0.3, -0.25) is 0 Å². The average Bonchev–Trinajstić information content (AvgIpc) is 2.13. The average molecular weight is 282 g/mol. The van der Waals surface area contributed by atoms with E-state index >= 15 is 0 Å². The molecule has 6 heteroatoms. The van der Waals surface area contributed by atoms with Gasteiger partial charge in [0, 0.05) is 7.11 Å². The first-order valence-electron chi connectivity index (χ1n) is 3.96. The maximum Gasteiger partial charge on any atom is 0.233 e. The van der Waals surface area contributed by atoms with Crippen LogP contribution in [0.1, 0.15) is 6.92 Å². The summed E-state index contributed by atoms with van der Waals surface area (Å²) in [4.78, 5) is 7.73. The second-order valence-corrected chi connectivity index (χ2v) is 3.82. The molecule has 0 N–H and O–H groups in total. The first-order valence-corrected chi connectivity index (χ1v) is 5.13. The molecule has 0 aromatic carbocycles. The van der Waals surface area contributed by atoms with Crippen molar-refractivity contribution >= 4 is 27.5 Å². The Labute approximate surface area is 95.7 Å². The van der Waals surface area contributed by atoms with Crippen molar-refractivity contribution in [3.05, 3.63) is 16.0 Å². The zero-order valence-electron chi connectivity index (χ0n) is 7.83. The fourth-order valence-corrected chi connectivity index (χ4v) is 1.30. The minimum Gasteiger partial charge on any atom is -0.471 e. The molecule has 0 saturated heterocycles. The summed E-state index contributed by atoms with van der Waals surface area (Å²) in [6, 6.07) is 0. The fourth-order valence-electron chi connectivity index (χ4n) is 0.875. The summed E-state index contributed by atoms with van der Waals surface area (Å²) in [5.74, 6) is 0.426. The summed E-state index contributed by atoms with van der Waals surface area (Å²) >= 11 is 9.00. The van der Waals surface area contributed by atoms with Crippen LogP contribution in [0.5, 0.6) is 5.88 Å². The lowest BCUT2D eigenvalue weighted by molar-refractivity contribution is 0.0883. The summed E-state index contributed by atoms with van der Waals surface area (Å²) in [6.07, 6.45) is 1.27. The number of methoxy groups -OCH3 is 1. The quantitative estimate of drug-likeness (QED) is 0.795. The zero-order chi connectivity index (χ0) is 10.6. The Bertz CT molecular complexity index is 311. The minimum atomic E-state index is -0.0812. The lowest BCUT2D eigenvalue weighted by Crippen LogP contribution is -2.18. The third-order valence-corrected chi connectivity index (χ3v) is 2.66. The number of hydrogen-bond acceptors (Lipinski definition) is 4. The van der Waals surface area contributed by atoms with Gasteiger partial charge in [0.05, 0.1) is 6.61 Å². The van der Waals surface area contributed by atoms with Crippen molar-refractivity contribution in [2.75, 3.05) is 13.7 Å². The van der Waals surface area contributed by atoms with Crippen LogP contribution in [-0.4, -0.2) is 29.8 Å². The van der Waals surface area contributed by atoms with Crippen LogP contribution in [0.25, 0.3) is 0 Å². The molecule has 0 aliphatic carbocycles. The Morgan fingerprint density at radius 1 is 1.57 bits per heavy atom. The van der Waals surface area contributed by atoms with E-state index in [1.165, 1.54) is 6.33 Å². The van der Waals surface area contributed by atoms with E-state index in [1.807, 2.05) is 6.92 Å². The molecule has 14 heavy (non-hydrogen) atoms. The summed E-state index contributed by atoms with van der Waals surface area (Å²) in [7, 11) is 1.61. The van der Waals surface area contributed by atoms with Gasteiger partial charge in [-0.1, -0.05) is 11.6 Å². The Morgan fingerprint density at radius 3 is 2.93 bits per heavy atom. The first-order chi connectivity index (χ1) is 6.65. The topological polar surface area (TPSA) is 44.2 Å². The number of halogens is 2. The van der Waals surface area contributed by atoms with Gasteiger partial charge >= 0.3 is 0 Å². The van der Waals surface area contributed by atoms with Crippen LogP contribution in [0, 0.1) is 0 Å². The van der Waals surface area contributed by atoms with Crippen molar-refractivity contribution in [2.24, 2.45) is 0 Å². The molecule has 78 valence electrons. The molecular weight excluding hydrogens is 271 g/mol. The van der Waals surface area contributed by atoms with Gasteiger partial charge in [-0.2, -0.15) is 0 Å². The number of rotatable bonds is 4. The minimum absolute atomic E-state index is 0.0812. The molecule has 0 aliphatic heterocycles. The molecule has 0 fully saturated rings. The van der Waals surface area contributed by atoms with Crippen molar-refractivity contribution in [1.82, 2.24) is 9.97 Å². The highest BCUT2D eigenvalue weighted by Gasteiger charge is 2.11. The van der Waals surface area contributed by atoms with Crippen molar-refractivity contribution in [2.45, 2.75) is 13.0 Å². The molecule has 0 saturated carbocycles. The van der Waals surface area contributed by atoms with Gasteiger partial charge in [-0.05, 0) is 22.9 Å². The Morgan fingerprint density at radius 2 is 2.29 bits per heavy atom. The zero-order valence-corrected chi connectivity index (χ0v) is 10.2. The second-order valence-electron chi connectivity index (χ2n) is 2.67. The lowest BCUT2D eigenvalue weighted by atomic mass is 10.4. The predicted octanol–water partition coefficient (Wildman–Crippen LogP) is 2.31. The molecule has 0 radical (unpaired) electrons. The van der Waals surface area contributed by atoms with E-state index in [4.69, 9.17) is 21.1 Å². The predicted molar refractivity (Wildman–Crippen MR) is 56.7 cm³/mol. The van der Waals surface area contributed by atoms with Crippen LogP contribution in [0.4, 0.5) is 0 Å².